The molecule has 0 unspecified atom stereocenters. The lowest BCUT2D eigenvalue weighted by Crippen LogP contribution is -2.53. The molecule has 12 nitrogen and oxygen atoms in total. The number of nitrogens with two attached hydrogens (primary N) is 1. The van der Waals surface area contributed by atoms with Gasteiger partial charge in [-0.2, -0.15) is 0 Å². The van der Waals surface area contributed by atoms with Crippen LogP contribution in [0.15, 0.2) is 18.2 Å². The number of Topliss-reactive ketones (excluding diaryl/α,β-unsaturated/α-hetero) is 1. The fraction of sp³-hybridized carbons (Fsp3) is 0.444. The highest BCUT2D eigenvalue weighted by Gasteiger charge is 2.50. The number of aromatic hydroxyl groups is 2. The summed E-state index contributed by atoms with van der Waals surface area (Å²) in [5, 5.41) is 53.7. The number of aliphatic hydroxyl groups excluding tert-OH is 2. The molecule has 0 spiro atoms. The van der Waals surface area contributed by atoms with Crippen LogP contribution in [0.5, 0.6) is 17.2 Å². The first-order valence-electron chi connectivity index (χ1n) is 12.4. The van der Waals surface area contributed by atoms with E-state index in [9.17, 15) is 39.9 Å². The predicted octanol–water partition coefficient (Wildman–Crippen LogP) is 0.423. The highest BCUT2D eigenvalue weighted by atomic mass is 35.5. The third kappa shape index (κ3) is 4.45. The number of rotatable bonds is 5. The van der Waals surface area contributed by atoms with Crippen LogP contribution >= 0.6 is 12.4 Å². The van der Waals surface area contributed by atoms with E-state index in [4.69, 9.17) is 19.9 Å². The number of fused-ring (bicyclic) bond motifs is 3. The van der Waals surface area contributed by atoms with E-state index in [1.165, 1.54) is 25.3 Å². The minimum absolute atomic E-state index is 0. The molecule has 2 aliphatic carbocycles. The minimum Gasteiger partial charge on any atom is -0.507 e. The Kier molecular flexibility index (Phi) is 8.00. The predicted molar refractivity (Wildman–Crippen MR) is 139 cm³/mol. The molecule has 2 aromatic carbocycles. The van der Waals surface area contributed by atoms with Crippen molar-refractivity contribution in [2.75, 3.05) is 13.7 Å². The molecule has 0 aromatic heterocycles. The van der Waals surface area contributed by atoms with Gasteiger partial charge in [0, 0.05) is 42.0 Å². The lowest BCUT2D eigenvalue weighted by Gasteiger charge is -2.42. The van der Waals surface area contributed by atoms with Crippen LogP contribution in [0.2, 0.25) is 0 Å². The Morgan fingerprint density at radius 3 is 2.45 bits per heavy atom. The number of hydrogen-bond acceptors (Lipinski definition) is 12. The van der Waals surface area contributed by atoms with Gasteiger partial charge < -0.3 is 45.5 Å². The van der Waals surface area contributed by atoms with Crippen molar-refractivity contribution in [3.05, 3.63) is 51.6 Å². The first-order chi connectivity index (χ1) is 18.4. The summed E-state index contributed by atoms with van der Waals surface area (Å²) in [5.74, 6) is -3.77. The van der Waals surface area contributed by atoms with Gasteiger partial charge >= 0.3 is 0 Å². The molecule has 0 radical (unpaired) electrons. The maximum atomic E-state index is 13.6. The molecule has 7 N–H and O–H groups in total. The monoisotopic (exact) mass is 579 g/mol. The van der Waals surface area contributed by atoms with E-state index in [0.717, 1.165) is 0 Å². The molecular weight excluding hydrogens is 550 g/mol. The summed E-state index contributed by atoms with van der Waals surface area (Å²) in [6.45, 7) is 0.560. The summed E-state index contributed by atoms with van der Waals surface area (Å²) in [5.41, 5.74) is 2.37. The fourth-order valence-electron chi connectivity index (χ4n) is 5.75. The zero-order valence-electron chi connectivity index (χ0n) is 21.6. The van der Waals surface area contributed by atoms with Crippen molar-refractivity contribution in [1.29, 1.82) is 0 Å². The highest BCUT2D eigenvalue weighted by molar-refractivity contribution is 6.31. The number of halogens is 1. The fourth-order valence-corrected chi connectivity index (χ4v) is 5.75. The summed E-state index contributed by atoms with van der Waals surface area (Å²) < 4.78 is 17.0. The average molecular weight is 580 g/mol. The van der Waals surface area contributed by atoms with Crippen LogP contribution in [0.3, 0.4) is 0 Å². The number of carbonyl (C=O) groups is 3. The number of hydrogen-bond donors (Lipinski definition) is 6. The van der Waals surface area contributed by atoms with E-state index < -0.39 is 95.7 Å². The van der Waals surface area contributed by atoms with Crippen LogP contribution in [0.1, 0.15) is 68.8 Å². The van der Waals surface area contributed by atoms with Gasteiger partial charge in [-0.05, 0) is 13.0 Å². The average Bonchev–Trinajstić information content (AvgIpc) is 2.90. The van der Waals surface area contributed by atoms with E-state index in [2.05, 4.69) is 0 Å². The molecule has 2 aromatic rings. The van der Waals surface area contributed by atoms with Crippen LogP contribution in [-0.2, 0) is 20.7 Å². The van der Waals surface area contributed by atoms with Gasteiger partial charge in [0.2, 0.25) is 5.78 Å². The van der Waals surface area contributed by atoms with Gasteiger partial charge in [0.15, 0.2) is 17.9 Å². The Morgan fingerprint density at radius 2 is 1.82 bits per heavy atom. The second kappa shape index (κ2) is 10.7. The van der Waals surface area contributed by atoms with Gasteiger partial charge in [-0.1, -0.05) is 12.1 Å². The maximum absolute atomic E-state index is 13.6. The van der Waals surface area contributed by atoms with Crippen molar-refractivity contribution in [3.63, 3.8) is 0 Å². The molecule has 6 atom stereocenters. The number of phenols is 2. The van der Waals surface area contributed by atoms with Crippen LogP contribution in [0.25, 0.3) is 0 Å². The van der Waals surface area contributed by atoms with Gasteiger partial charge in [0.25, 0.3) is 0 Å². The summed E-state index contributed by atoms with van der Waals surface area (Å²) >= 11 is 0. The molecule has 1 aliphatic heterocycles. The third-order valence-electron chi connectivity index (χ3n) is 7.81. The standard InChI is InChI=1S/C27H29NO11.ClH/c1-10-22(31)13(28)6-17(38-10)39-15-8-27(36,16(30)9-29)7-12-19(15)26(35)21-20(24(12)33)23(32)11-4-3-5-14(37-2)18(11)25(21)34;/h3-5,10,13,15,17,22,29,31,33,35-36H,6-9,28H2,1-2H3;1H/t10-,13-,15+,17-,22+,27-;/m0./s1. The zero-order valence-corrected chi connectivity index (χ0v) is 22.4. The van der Waals surface area contributed by atoms with Crippen LogP contribution in [-0.4, -0.2) is 86.7 Å². The van der Waals surface area contributed by atoms with Gasteiger partial charge in [-0.15, -0.1) is 12.4 Å². The second-order valence-electron chi connectivity index (χ2n) is 10.2. The van der Waals surface area contributed by atoms with Gasteiger partial charge in [-0.3, -0.25) is 14.4 Å². The number of benzene rings is 2. The molecular formula is C27H30ClNO11. The van der Waals surface area contributed by atoms with E-state index >= 15 is 0 Å². The van der Waals surface area contributed by atoms with Crippen molar-refractivity contribution in [2.24, 2.45) is 5.73 Å². The Hall–Kier alpha value is -3.10. The van der Waals surface area contributed by atoms with Crippen molar-refractivity contribution >= 4 is 29.8 Å². The topological polar surface area (TPSA) is 206 Å². The minimum atomic E-state index is -2.24. The van der Waals surface area contributed by atoms with Crippen LogP contribution in [0, 0.1) is 0 Å². The molecule has 13 heteroatoms. The van der Waals surface area contributed by atoms with Crippen LogP contribution in [0.4, 0.5) is 0 Å². The molecule has 5 rings (SSSR count). The third-order valence-corrected chi connectivity index (χ3v) is 7.81. The Balaban J connectivity index is 0.00000370. The smallest absolute Gasteiger partial charge is 0.202 e. The molecule has 0 bridgehead atoms. The number of carbonyl (C=O) groups excluding carboxylic acids is 3. The number of aliphatic hydroxyl groups is 3. The zero-order chi connectivity index (χ0) is 28.4. The first-order valence-corrected chi connectivity index (χ1v) is 12.4. The largest absolute Gasteiger partial charge is 0.507 e. The SMILES string of the molecule is COc1cccc2c1C(=O)c1c(O)c3c(c(O)c1C2=O)C[C@@](O)(C(=O)CO)C[C@H]3O[C@H]1C[C@H](N)[C@H](O)[C@H](C)O1.Cl. The number of ketones is 3. The van der Waals surface area contributed by atoms with Gasteiger partial charge in [0.05, 0.1) is 42.1 Å². The van der Waals surface area contributed by atoms with E-state index in [-0.39, 0.29) is 46.8 Å². The van der Waals surface area contributed by atoms with Gasteiger partial charge in [-0.25, -0.2) is 0 Å². The molecule has 40 heavy (non-hydrogen) atoms. The summed E-state index contributed by atoms with van der Waals surface area (Å²) in [6.07, 6.45) is -5.12. The summed E-state index contributed by atoms with van der Waals surface area (Å²) in [4.78, 5) is 39.7. The van der Waals surface area contributed by atoms with Crippen molar-refractivity contribution in [3.8, 4) is 17.2 Å². The van der Waals surface area contributed by atoms with Gasteiger partial charge in [0.1, 0.15) is 29.5 Å². The lowest BCUT2D eigenvalue weighted by molar-refractivity contribution is -0.247. The number of methoxy groups -OCH3 is 1. The lowest BCUT2D eigenvalue weighted by atomic mass is 9.72. The molecule has 1 saturated heterocycles. The van der Waals surface area contributed by atoms with E-state index in [1.54, 1.807) is 6.92 Å². The quantitative estimate of drug-likeness (QED) is 0.227. The highest BCUT2D eigenvalue weighted by Crippen LogP contribution is 2.52. The molecule has 1 heterocycles. The number of ether oxygens (including phenoxy) is 3. The first kappa shape index (κ1) is 29.9. The molecule has 216 valence electrons. The van der Waals surface area contributed by atoms with E-state index in [0.29, 0.717) is 0 Å². The van der Waals surface area contributed by atoms with E-state index in [1.807, 2.05) is 0 Å². The van der Waals surface area contributed by atoms with Crippen molar-refractivity contribution in [2.45, 2.75) is 62.4 Å². The molecule has 3 aliphatic rings. The second-order valence-corrected chi connectivity index (χ2v) is 10.2. The molecule has 0 amide bonds. The Bertz CT molecular complexity index is 1380. The summed E-state index contributed by atoms with van der Waals surface area (Å²) in [6, 6.07) is 3.64. The van der Waals surface area contributed by atoms with Crippen molar-refractivity contribution < 1.29 is 54.1 Å². The Labute approximate surface area is 234 Å². The van der Waals surface area contributed by atoms with Crippen LogP contribution < -0.4 is 10.5 Å². The number of phenolic OH excluding ortho intramolecular Hbond substituents is 2. The summed E-state index contributed by atoms with van der Waals surface area (Å²) in [7, 11) is 1.32. The Morgan fingerprint density at radius 1 is 1.15 bits per heavy atom. The van der Waals surface area contributed by atoms with Crippen molar-refractivity contribution in [1.82, 2.24) is 0 Å². The normalized spacial score (nSPS) is 29.1. The maximum Gasteiger partial charge on any atom is 0.202 e. The molecule has 1 fully saturated rings. The molecule has 0 saturated carbocycles.